The number of nitrogens with one attached hydrogen (secondary N) is 1. The van der Waals surface area contributed by atoms with Gasteiger partial charge in [0.2, 0.25) is 5.91 Å². The molecule has 0 bridgehead atoms. The molecule has 0 spiro atoms. The molecule has 0 aliphatic rings. The van der Waals surface area contributed by atoms with Gasteiger partial charge >= 0.3 is 0 Å². The molecule has 0 saturated carbocycles. The number of ether oxygens (including phenoxy) is 1. The van der Waals surface area contributed by atoms with Gasteiger partial charge in [0.15, 0.2) is 0 Å². The fourth-order valence-corrected chi connectivity index (χ4v) is 0.964. The summed E-state index contributed by atoms with van der Waals surface area (Å²) in [5.41, 5.74) is 0. The van der Waals surface area contributed by atoms with Crippen molar-refractivity contribution in [2.24, 2.45) is 0 Å². The van der Waals surface area contributed by atoms with Crippen LogP contribution in [0.1, 0.15) is 39.5 Å². The molecule has 0 rings (SSSR count). The third-order valence-corrected chi connectivity index (χ3v) is 1.61. The van der Waals surface area contributed by atoms with Crippen LogP contribution in [0.25, 0.3) is 0 Å². The number of carbonyl (C=O) groups is 1. The van der Waals surface area contributed by atoms with Crippen LogP contribution in [0.3, 0.4) is 0 Å². The molecule has 3 heteroatoms. The lowest BCUT2D eigenvalue weighted by Gasteiger charge is -2.04. The molecule has 0 aliphatic heterocycles. The van der Waals surface area contributed by atoms with Gasteiger partial charge in [-0.3, -0.25) is 4.79 Å². The first-order chi connectivity index (χ1) is 6.31. The molecule has 0 saturated heterocycles. The molecule has 0 radical (unpaired) electrons. The lowest BCUT2D eigenvalue weighted by molar-refractivity contribution is -0.121. The predicted octanol–water partition coefficient (Wildman–Crippen LogP) is 1.72. The standard InChI is InChI=1S/C10H21NO2/c1-3-6-10(12)11-7-5-9-13-8-4-2/h3-9H2,1-2H3,(H,11,12). The second-order valence-electron chi connectivity index (χ2n) is 3.07. The molecule has 0 fully saturated rings. The van der Waals surface area contributed by atoms with E-state index in [1.165, 1.54) is 0 Å². The highest BCUT2D eigenvalue weighted by atomic mass is 16.5. The van der Waals surface area contributed by atoms with E-state index in [0.717, 1.165) is 39.0 Å². The molecule has 0 unspecified atom stereocenters. The molecule has 0 aliphatic carbocycles. The maximum Gasteiger partial charge on any atom is 0.219 e. The lowest BCUT2D eigenvalue weighted by Crippen LogP contribution is -2.24. The Morgan fingerprint density at radius 1 is 1.23 bits per heavy atom. The van der Waals surface area contributed by atoms with E-state index in [1.807, 2.05) is 6.92 Å². The smallest absolute Gasteiger partial charge is 0.219 e. The van der Waals surface area contributed by atoms with Crippen molar-refractivity contribution in [3.8, 4) is 0 Å². The number of rotatable bonds is 8. The van der Waals surface area contributed by atoms with Crippen molar-refractivity contribution in [3.05, 3.63) is 0 Å². The topological polar surface area (TPSA) is 38.3 Å². The van der Waals surface area contributed by atoms with Gasteiger partial charge in [0.25, 0.3) is 0 Å². The first-order valence-corrected chi connectivity index (χ1v) is 5.15. The van der Waals surface area contributed by atoms with Gasteiger partial charge < -0.3 is 10.1 Å². The summed E-state index contributed by atoms with van der Waals surface area (Å²) in [6.45, 7) is 6.40. The highest BCUT2D eigenvalue weighted by Gasteiger charge is 1.96. The summed E-state index contributed by atoms with van der Waals surface area (Å²) in [5.74, 6) is 0.151. The van der Waals surface area contributed by atoms with E-state index in [1.54, 1.807) is 0 Å². The van der Waals surface area contributed by atoms with Crippen LogP contribution in [0.15, 0.2) is 0 Å². The summed E-state index contributed by atoms with van der Waals surface area (Å²) in [6, 6.07) is 0. The monoisotopic (exact) mass is 187 g/mol. The minimum Gasteiger partial charge on any atom is -0.381 e. The second-order valence-corrected chi connectivity index (χ2v) is 3.07. The molecular formula is C10H21NO2. The Bertz CT molecular complexity index is 126. The van der Waals surface area contributed by atoms with Gasteiger partial charge in [-0.15, -0.1) is 0 Å². The first-order valence-electron chi connectivity index (χ1n) is 5.15. The summed E-state index contributed by atoms with van der Waals surface area (Å²) in [6.07, 6.45) is 3.52. The molecule has 1 amide bonds. The van der Waals surface area contributed by atoms with Gasteiger partial charge in [-0.1, -0.05) is 13.8 Å². The summed E-state index contributed by atoms with van der Waals surface area (Å²) >= 11 is 0. The predicted molar refractivity (Wildman–Crippen MR) is 53.6 cm³/mol. The van der Waals surface area contributed by atoms with Gasteiger partial charge in [-0.25, -0.2) is 0 Å². The van der Waals surface area contributed by atoms with Gasteiger partial charge in [-0.2, -0.15) is 0 Å². The second kappa shape index (κ2) is 9.52. The molecule has 3 nitrogen and oxygen atoms in total. The number of hydrogen-bond acceptors (Lipinski definition) is 2. The zero-order chi connectivity index (χ0) is 9.94. The largest absolute Gasteiger partial charge is 0.381 e. The van der Waals surface area contributed by atoms with E-state index in [0.29, 0.717) is 6.42 Å². The molecule has 78 valence electrons. The van der Waals surface area contributed by atoms with Crippen LogP contribution in [-0.4, -0.2) is 25.7 Å². The van der Waals surface area contributed by atoms with Gasteiger partial charge in [0.05, 0.1) is 0 Å². The summed E-state index contributed by atoms with van der Waals surface area (Å²) in [5, 5.41) is 2.84. The van der Waals surface area contributed by atoms with Crippen LogP contribution < -0.4 is 5.32 Å². The van der Waals surface area contributed by atoms with Crippen LogP contribution in [-0.2, 0) is 9.53 Å². The van der Waals surface area contributed by atoms with Crippen LogP contribution in [0.4, 0.5) is 0 Å². The zero-order valence-electron chi connectivity index (χ0n) is 8.77. The van der Waals surface area contributed by atoms with Crippen molar-refractivity contribution in [3.63, 3.8) is 0 Å². The SMILES string of the molecule is CCCOCCCNC(=O)CCC. The summed E-state index contributed by atoms with van der Waals surface area (Å²) < 4.78 is 5.27. The Balaban J connectivity index is 3.02. The Morgan fingerprint density at radius 3 is 2.62 bits per heavy atom. The molecule has 0 heterocycles. The van der Waals surface area contributed by atoms with E-state index in [-0.39, 0.29) is 5.91 Å². The summed E-state index contributed by atoms with van der Waals surface area (Å²) in [7, 11) is 0. The maximum absolute atomic E-state index is 11.0. The number of amides is 1. The van der Waals surface area contributed by atoms with Crippen LogP contribution >= 0.6 is 0 Å². The average molecular weight is 187 g/mol. The minimum absolute atomic E-state index is 0.151. The molecule has 0 aromatic heterocycles. The highest BCUT2D eigenvalue weighted by Crippen LogP contribution is 1.87. The van der Waals surface area contributed by atoms with Crippen molar-refractivity contribution < 1.29 is 9.53 Å². The van der Waals surface area contributed by atoms with Crippen LogP contribution in [0, 0.1) is 0 Å². The van der Waals surface area contributed by atoms with E-state index >= 15 is 0 Å². The van der Waals surface area contributed by atoms with E-state index < -0.39 is 0 Å². The van der Waals surface area contributed by atoms with Crippen molar-refractivity contribution in [1.29, 1.82) is 0 Å². The van der Waals surface area contributed by atoms with Crippen molar-refractivity contribution in [1.82, 2.24) is 5.32 Å². The van der Waals surface area contributed by atoms with E-state index in [9.17, 15) is 4.79 Å². The normalized spacial score (nSPS) is 10.0. The average Bonchev–Trinajstić information content (AvgIpc) is 2.11. The lowest BCUT2D eigenvalue weighted by atomic mass is 10.3. The van der Waals surface area contributed by atoms with E-state index in [4.69, 9.17) is 4.74 Å². The zero-order valence-corrected chi connectivity index (χ0v) is 8.77. The van der Waals surface area contributed by atoms with Gasteiger partial charge in [-0.05, 0) is 19.3 Å². The molecule has 0 aromatic carbocycles. The molecular weight excluding hydrogens is 166 g/mol. The van der Waals surface area contributed by atoms with Crippen molar-refractivity contribution in [2.75, 3.05) is 19.8 Å². The summed E-state index contributed by atoms with van der Waals surface area (Å²) in [4.78, 5) is 11.0. The Hall–Kier alpha value is -0.570. The molecule has 0 atom stereocenters. The van der Waals surface area contributed by atoms with Gasteiger partial charge in [0.1, 0.15) is 0 Å². The van der Waals surface area contributed by atoms with Crippen LogP contribution in [0.2, 0.25) is 0 Å². The Morgan fingerprint density at radius 2 is 2.00 bits per heavy atom. The fourth-order valence-electron chi connectivity index (χ4n) is 0.964. The van der Waals surface area contributed by atoms with E-state index in [2.05, 4.69) is 12.2 Å². The number of carbonyl (C=O) groups excluding carboxylic acids is 1. The Kier molecular flexibility index (Phi) is 9.10. The molecule has 1 N–H and O–H groups in total. The number of hydrogen-bond donors (Lipinski definition) is 1. The van der Waals surface area contributed by atoms with Gasteiger partial charge in [0, 0.05) is 26.2 Å². The molecule has 0 aromatic rings. The van der Waals surface area contributed by atoms with Crippen molar-refractivity contribution >= 4 is 5.91 Å². The molecule has 13 heavy (non-hydrogen) atoms. The van der Waals surface area contributed by atoms with Crippen LogP contribution in [0.5, 0.6) is 0 Å². The van der Waals surface area contributed by atoms with Crippen molar-refractivity contribution in [2.45, 2.75) is 39.5 Å². The maximum atomic E-state index is 11.0. The Labute approximate surface area is 80.8 Å². The quantitative estimate of drug-likeness (QED) is 0.588. The fraction of sp³-hybridized carbons (Fsp3) is 0.900. The first kappa shape index (κ1) is 12.4. The third kappa shape index (κ3) is 9.34. The highest BCUT2D eigenvalue weighted by molar-refractivity contribution is 5.75. The third-order valence-electron chi connectivity index (χ3n) is 1.61. The minimum atomic E-state index is 0.151.